The van der Waals surface area contributed by atoms with Crippen LogP contribution in [0.5, 0.6) is 0 Å². The van der Waals surface area contributed by atoms with Gasteiger partial charge in [0.25, 0.3) is 5.91 Å². The molecule has 7 nitrogen and oxygen atoms in total. The molecule has 0 aliphatic carbocycles. The van der Waals surface area contributed by atoms with Crippen molar-refractivity contribution in [1.82, 2.24) is 20.2 Å². The minimum atomic E-state index is -0.450. The molecule has 0 bridgehead atoms. The maximum atomic E-state index is 13.3. The molecule has 1 atom stereocenters. The van der Waals surface area contributed by atoms with E-state index >= 15 is 0 Å². The molecule has 8 heteroatoms. The molecule has 2 heterocycles. The molecule has 1 aromatic heterocycles. The van der Waals surface area contributed by atoms with Crippen molar-refractivity contribution in [2.75, 3.05) is 38.0 Å². The summed E-state index contributed by atoms with van der Waals surface area (Å²) in [5, 5.41) is 5.89. The van der Waals surface area contributed by atoms with Gasteiger partial charge in [-0.2, -0.15) is 0 Å². The second kappa shape index (κ2) is 10.2. The summed E-state index contributed by atoms with van der Waals surface area (Å²) in [7, 11) is 0. The molecule has 1 unspecified atom stereocenters. The molecular weight excluding hydrogens is 385 g/mol. The zero-order chi connectivity index (χ0) is 21.5. The first-order chi connectivity index (χ1) is 14.4. The Bertz CT molecular complexity index is 882. The molecule has 0 saturated carbocycles. The smallest absolute Gasteiger partial charge is 0.271 e. The molecule has 1 aliphatic rings. The molecule has 30 heavy (non-hydrogen) atoms. The fourth-order valence-corrected chi connectivity index (χ4v) is 3.49. The highest BCUT2D eigenvalue weighted by atomic mass is 19.1. The molecule has 1 saturated heterocycles. The number of anilines is 1. The molecule has 3 rings (SSSR count). The van der Waals surface area contributed by atoms with E-state index in [1.807, 2.05) is 6.92 Å². The van der Waals surface area contributed by atoms with Crippen LogP contribution in [0.25, 0.3) is 0 Å². The third-order valence-corrected chi connectivity index (χ3v) is 5.23. The molecule has 160 valence electrons. The lowest BCUT2D eigenvalue weighted by Gasteiger charge is -2.19. The highest BCUT2D eigenvalue weighted by Crippen LogP contribution is 2.27. The Balaban J connectivity index is 1.81. The maximum Gasteiger partial charge on any atom is 0.271 e. The Morgan fingerprint density at radius 1 is 1.20 bits per heavy atom. The fraction of sp³-hybridized carbons (Fsp3) is 0.455. The summed E-state index contributed by atoms with van der Waals surface area (Å²) in [4.78, 5) is 34.9. The van der Waals surface area contributed by atoms with Crippen LogP contribution in [-0.4, -0.2) is 59.3 Å². The number of benzene rings is 1. The number of carbonyl (C=O) groups is 2. The Labute approximate surface area is 176 Å². The number of ketones is 1. The van der Waals surface area contributed by atoms with E-state index in [0.717, 1.165) is 25.2 Å². The van der Waals surface area contributed by atoms with Gasteiger partial charge in [0.05, 0.1) is 18.4 Å². The fourth-order valence-electron chi connectivity index (χ4n) is 3.49. The van der Waals surface area contributed by atoms with E-state index in [9.17, 15) is 14.0 Å². The predicted octanol–water partition coefficient (Wildman–Crippen LogP) is 2.59. The Morgan fingerprint density at radius 3 is 2.57 bits per heavy atom. The number of Topliss-reactive ketones (excluding diaryl/α,β-unsaturated/α-hetero) is 1. The maximum absolute atomic E-state index is 13.3. The Kier molecular flexibility index (Phi) is 7.46. The van der Waals surface area contributed by atoms with Gasteiger partial charge in [0.2, 0.25) is 0 Å². The monoisotopic (exact) mass is 413 g/mol. The van der Waals surface area contributed by atoms with Crippen molar-refractivity contribution in [2.45, 2.75) is 32.6 Å². The summed E-state index contributed by atoms with van der Waals surface area (Å²) in [6, 6.07) is 6.22. The average molecular weight is 413 g/mol. The summed E-state index contributed by atoms with van der Waals surface area (Å²) in [6.07, 6.45) is 3.88. The third-order valence-electron chi connectivity index (χ3n) is 5.23. The van der Waals surface area contributed by atoms with Crippen molar-refractivity contribution in [1.29, 1.82) is 0 Å². The van der Waals surface area contributed by atoms with Gasteiger partial charge in [-0.25, -0.2) is 14.4 Å². The summed E-state index contributed by atoms with van der Waals surface area (Å²) in [5.74, 6) is -0.495. The first-order valence-corrected chi connectivity index (χ1v) is 10.3. The third kappa shape index (κ3) is 5.82. The van der Waals surface area contributed by atoms with E-state index in [-0.39, 0.29) is 29.8 Å². The van der Waals surface area contributed by atoms with Crippen molar-refractivity contribution < 1.29 is 14.0 Å². The van der Waals surface area contributed by atoms with Crippen molar-refractivity contribution in [3.63, 3.8) is 0 Å². The SMILES string of the molecule is CC(=O)CNC(=O)c1cnc(NCCN2CCCC2)c(C(C)c2ccc(F)cc2)n1. The lowest BCUT2D eigenvalue weighted by atomic mass is 9.97. The minimum absolute atomic E-state index is 0.0564. The zero-order valence-electron chi connectivity index (χ0n) is 17.4. The number of rotatable bonds is 9. The van der Waals surface area contributed by atoms with Crippen LogP contribution >= 0.6 is 0 Å². The van der Waals surface area contributed by atoms with E-state index in [1.165, 1.54) is 38.1 Å². The van der Waals surface area contributed by atoms with E-state index in [1.54, 1.807) is 12.1 Å². The van der Waals surface area contributed by atoms with Gasteiger partial charge >= 0.3 is 0 Å². The summed E-state index contributed by atoms with van der Waals surface area (Å²) < 4.78 is 13.3. The predicted molar refractivity (Wildman–Crippen MR) is 113 cm³/mol. The van der Waals surface area contributed by atoms with E-state index in [4.69, 9.17) is 0 Å². The highest BCUT2D eigenvalue weighted by molar-refractivity contribution is 5.94. The van der Waals surface area contributed by atoms with Crippen molar-refractivity contribution in [3.05, 3.63) is 53.2 Å². The number of likely N-dealkylation sites (tertiary alicyclic amines) is 1. The van der Waals surface area contributed by atoms with Crippen molar-refractivity contribution in [3.8, 4) is 0 Å². The van der Waals surface area contributed by atoms with Crippen LogP contribution in [0.3, 0.4) is 0 Å². The molecular formula is C22H28FN5O2. The Morgan fingerprint density at radius 2 is 1.90 bits per heavy atom. The molecule has 2 aromatic rings. The summed E-state index contributed by atoms with van der Waals surface area (Å²) in [6.45, 7) is 7.14. The lowest BCUT2D eigenvalue weighted by molar-refractivity contribution is -0.116. The van der Waals surface area contributed by atoms with Crippen molar-refractivity contribution >= 4 is 17.5 Å². The molecule has 0 spiro atoms. The van der Waals surface area contributed by atoms with Gasteiger partial charge in [-0.05, 0) is 50.6 Å². The van der Waals surface area contributed by atoms with Crippen LogP contribution < -0.4 is 10.6 Å². The molecule has 2 N–H and O–H groups in total. The van der Waals surface area contributed by atoms with Gasteiger partial charge in [0.15, 0.2) is 0 Å². The number of hydrogen-bond donors (Lipinski definition) is 2. The van der Waals surface area contributed by atoms with Gasteiger partial charge in [-0.1, -0.05) is 19.1 Å². The minimum Gasteiger partial charge on any atom is -0.367 e. The first kappa shape index (κ1) is 21.8. The zero-order valence-corrected chi connectivity index (χ0v) is 17.4. The number of hydrogen-bond acceptors (Lipinski definition) is 6. The van der Waals surface area contributed by atoms with Gasteiger partial charge in [-0.15, -0.1) is 0 Å². The molecule has 0 radical (unpaired) electrons. The lowest BCUT2D eigenvalue weighted by Crippen LogP contribution is -2.30. The van der Waals surface area contributed by atoms with Crippen LogP contribution in [0.15, 0.2) is 30.5 Å². The Hall–Kier alpha value is -2.87. The van der Waals surface area contributed by atoms with Gasteiger partial charge in [-0.3, -0.25) is 9.59 Å². The van der Waals surface area contributed by atoms with E-state index in [0.29, 0.717) is 18.1 Å². The average Bonchev–Trinajstić information content (AvgIpc) is 3.25. The number of carbonyl (C=O) groups excluding carboxylic acids is 2. The van der Waals surface area contributed by atoms with Crippen LogP contribution in [0.1, 0.15) is 54.4 Å². The van der Waals surface area contributed by atoms with Gasteiger partial charge in [0.1, 0.15) is 23.1 Å². The number of aromatic nitrogens is 2. The van der Waals surface area contributed by atoms with E-state index < -0.39 is 5.91 Å². The molecule has 1 aliphatic heterocycles. The molecule has 1 fully saturated rings. The topological polar surface area (TPSA) is 87.2 Å². The second-order valence-electron chi connectivity index (χ2n) is 7.62. The van der Waals surface area contributed by atoms with Crippen LogP contribution in [0.4, 0.5) is 10.2 Å². The molecule has 1 amide bonds. The largest absolute Gasteiger partial charge is 0.367 e. The number of amides is 1. The normalized spacial score (nSPS) is 15.0. The summed E-state index contributed by atoms with van der Waals surface area (Å²) in [5.41, 5.74) is 1.62. The van der Waals surface area contributed by atoms with E-state index in [2.05, 4.69) is 25.5 Å². The van der Waals surface area contributed by atoms with Gasteiger partial charge < -0.3 is 15.5 Å². The quantitative estimate of drug-likeness (QED) is 0.657. The standard InChI is InChI=1S/C22H28FN5O2/c1-15(29)13-26-22(30)19-14-25-21(24-9-12-28-10-3-4-11-28)20(27-19)16(2)17-5-7-18(23)8-6-17/h5-8,14,16H,3-4,9-13H2,1-2H3,(H,24,25)(H,26,30). The highest BCUT2D eigenvalue weighted by Gasteiger charge is 2.20. The van der Waals surface area contributed by atoms with Crippen LogP contribution in [0, 0.1) is 5.82 Å². The van der Waals surface area contributed by atoms with Crippen LogP contribution in [0.2, 0.25) is 0 Å². The number of nitrogens with one attached hydrogen (secondary N) is 2. The van der Waals surface area contributed by atoms with Gasteiger partial charge in [0, 0.05) is 19.0 Å². The first-order valence-electron chi connectivity index (χ1n) is 10.3. The summed E-state index contributed by atoms with van der Waals surface area (Å²) >= 11 is 0. The second-order valence-corrected chi connectivity index (χ2v) is 7.62. The van der Waals surface area contributed by atoms with Crippen LogP contribution in [-0.2, 0) is 4.79 Å². The molecule has 1 aromatic carbocycles. The van der Waals surface area contributed by atoms with Crippen molar-refractivity contribution in [2.24, 2.45) is 0 Å². The number of nitrogens with zero attached hydrogens (tertiary/aromatic N) is 3. The number of halogens is 1.